The minimum Gasteiger partial charge on any atom is -0.458 e. The van der Waals surface area contributed by atoms with Gasteiger partial charge in [0.1, 0.15) is 6.10 Å². The Morgan fingerprint density at radius 1 is 1.27 bits per heavy atom. The van der Waals surface area contributed by atoms with Gasteiger partial charge in [0.05, 0.1) is 35.3 Å². The molecule has 9 heteroatoms. The number of esters is 1. The Labute approximate surface area is 154 Å². The minimum absolute atomic E-state index is 0.0295. The molecule has 0 radical (unpaired) electrons. The van der Waals surface area contributed by atoms with Gasteiger partial charge in [0.2, 0.25) is 0 Å². The zero-order chi connectivity index (χ0) is 18.3. The maximum absolute atomic E-state index is 13.1. The van der Waals surface area contributed by atoms with Gasteiger partial charge in [-0.15, -0.1) is 11.3 Å². The Kier molecular flexibility index (Phi) is 4.36. The van der Waals surface area contributed by atoms with Crippen LogP contribution in [-0.4, -0.2) is 30.1 Å². The van der Waals surface area contributed by atoms with Crippen LogP contribution in [0.2, 0.25) is 0 Å². The Morgan fingerprint density at radius 3 is 2.77 bits per heavy atom. The Hall–Kier alpha value is -2.13. The molecule has 3 aromatic rings. The molecule has 0 spiro atoms. The number of aromatic nitrogens is 1. The Balaban J connectivity index is 1.40. The molecule has 26 heavy (non-hydrogen) atoms. The van der Waals surface area contributed by atoms with Crippen molar-refractivity contribution in [3.63, 3.8) is 0 Å². The molecule has 0 N–H and O–H groups in total. The van der Waals surface area contributed by atoms with E-state index in [-0.39, 0.29) is 24.0 Å². The lowest BCUT2D eigenvalue weighted by molar-refractivity contribution is -0.149. The maximum atomic E-state index is 13.1. The summed E-state index contributed by atoms with van der Waals surface area (Å²) in [5, 5.41) is 2.41. The number of rotatable bonds is 4. The number of carbonyl (C=O) groups is 1. The van der Waals surface area contributed by atoms with Crippen LogP contribution in [0.4, 0.5) is 18.3 Å². The van der Waals surface area contributed by atoms with Crippen LogP contribution in [0.1, 0.15) is 10.4 Å². The van der Waals surface area contributed by atoms with E-state index in [0.29, 0.717) is 22.9 Å². The molecule has 4 nitrogen and oxygen atoms in total. The predicted octanol–water partition coefficient (Wildman–Crippen LogP) is 4.35. The molecule has 0 amide bonds. The van der Waals surface area contributed by atoms with Crippen LogP contribution >= 0.6 is 22.7 Å². The van der Waals surface area contributed by atoms with Gasteiger partial charge in [-0.05, 0) is 23.6 Å². The number of benzene rings is 1. The molecule has 0 aliphatic carbocycles. The lowest BCUT2D eigenvalue weighted by Crippen LogP contribution is -2.53. The molecule has 136 valence electrons. The number of nitrogens with zero attached hydrogens (tertiary/aromatic N) is 2. The third kappa shape index (κ3) is 3.41. The van der Waals surface area contributed by atoms with Crippen molar-refractivity contribution >= 4 is 44.0 Å². The minimum atomic E-state index is -4.43. The van der Waals surface area contributed by atoms with Crippen molar-refractivity contribution in [3.8, 4) is 0 Å². The average molecular weight is 398 g/mol. The average Bonchev–Trinajstić information content (AvgIpc) is 3.17. The van der Waals surface area contributed by atoms with Gasteiger partial charge in [-0.2, -0.15) is 13.2 Å². The Bertz CT molecular complexity index is 931. The van der Waals surface area contributed by atoms with Gasteiger partial charge in [-0.25, -0.2) is 4.98 Å². The number of thiophene rings is 1. The first-order valence-corrected chi connectivity index (χ1v) is 9.53. The first-order chi connectivity index (χ1) is 12.4. The zero-order valence-electron chi connectivity index (χ0n) is 13.3. The van der Waals surface area contributed by atoms with E-state index in [1.807, 2.05) is 22.4 Å². The lowest BCUT2D eigenvalue weighted by Gasteiger charge is -2.38. The van der Waals surface area contributed by atoms with Crippen molar-refractivity contribution in [2.24, 2.45) is 0 Å². The highest BCUT2D eigenvalue weighted by molar-refractivity contribution is 7.22. The third-order valence-electron chi connectivity index (χ3n) is 4.03. The number of hydrogen-bond acceptors (Lipinski definition) is 6. The summed E-state index contributed by atoms with van der Waals surface area (Å²) >= 11 is 2.71. The molecule has 4 rings (SSSR count). The fourth-order valence-corrected chi connectivity index (χ4v) is 4.45. The monoisotopic (exact) mass is 398 g/mol. The number of fused-ring (bicyclic) bond motifs is 1. The van der Waals surface area contributed by atoms with Crippen molar-refractivity contribution in [2.45, 2.75) is 18.7 Å². The number of ether oxygens (including phenoxy) is 1. The predicted molar refractivity (Wildman–Crippen MR) is 94.7 cm³/mol. The summed E-state index contributed by atoms with van der Waals surface area (Å²) in [6.07, 6.45) is -4.44. The molecule has 0 saturated carbocycles. The van der Waals surface area contributed by atoms with Crippen LogP contribution < -0.4 is 4.90 Å². The van der Waals surface area contributed by atoms with Crippen LogP contribution in [-0.2, 0) is 22.1 Å². The highest BCUT2D eigenvalue weighted by Crippen LogP contribution is 2.39. The van der Waals surface area contributed by atoms with E-state index < -0.39 is 11.7 Å². The summed E-state index contributed by atoms with van der Waals surface area (Å²) in [6.45, 7) is 0.884. The van der Waals surface area contributed by atoms with Gasteiger partial charge >= 0.3 is 12.1 Å². The lowest BCUT2D eigenvalue weighted by atomic mass is 10.2. The second-order valence-corrected chi connectivity index (χ2v) is 7.96. The van der Waals surface area contributed by atoms with Crippen molar-refractivity contribution in [3.05, 3.63) is 46.2 Å². The number of carbonyl (C=O) groups excluding carboxylic acids is 1. The molecule has 0 bridgehead atoms. The van der Waals surface area contributed by atoms with Crippen molar-refractivity contribution < 1.29 is 22.7 Å². The van der Waals surface area contributed by atoms with Crippen LogP contribution in [0.3, 0.4) is 0 Å². The van der Waals surface area contributed by atoms with E-state index in [1.165, 1.54) is 28.7 Å². The molecule has 1 aliphatic heterocycles. The fourth-order valence-electron chi connectivity index (χ4n) is 2.75. The summed E-state index contributed by atoms with van der Waals surface area (Å²) in [5.74, 6) is -0.291. The van der Waals surface area contributed by atoms with E-state index in [9.17, 15) is 18.0 Å². The molecule has 0 atom stereocenters. The van der Waals surface area contributed by atoms with E-state index in [4.69, 9.17) is 4.74 Å². The van der Waals surface area contributed by atoms with Gasteiger partial charge in [-0.3, -0.25) is 4.79 Å². The molecule has 0 unspecified atom stereocenters. The quantitative estimate of drug-likeness (QED) is 0.613. The Morgan fingerprint density at radius 2 is 2.08 bits per heavy atom. The number of alkyl halides is 3. The molecule has 1 aromatic carbocycles. The second kappa shape index (κ2) is 6.55. The van der Waals surface area contributed by atoms with Crippen LogP contribution in [0.15, 0.2) is 35.7 Å². The normalized spacial score (nSPS) is 15.3. The number of anilines is 1. The summed E-state index contributed by atoms with van der Waals surface area (Å²) in [4.78, 5) is 18.8. The standard InChI is InChI=1S/C17H13F3N2O2S2/c18-17(19,20)12-4-1-5-13-15(12)21-16(26-13)22-8-10(9-22)24-14(23)7-11-3-2-6-25-11/h1-6,10H,7-9H2. The summed E-state index contributed by atoms with van der Waals surface area (Å²) in [7, 11) is 0. The SMILES string of the molecule is O=C(Cc1cccs1)OC1CN(c2nc3c(C(F)(F)F)cccc3s2)C1. The number of halogens is 3. The largest absolute Gasteiger partial charge is 0.458 e. The second-order valence-electron chi connectivity index (χ2n) is 5.92. The van der Waals surface area contributed by atoms with Gasteiger partial charge in [0, 0.05) is 4.88 Å². The number of thiazole rings is 1. The maximum Gasteiger partial charge on any atom is 0.418 e. The third-order valence-corrected chi connectivity index (χ3v) is 5.99. The zero-order valence-corrected chi connectivity index (χ0v) is 15.0. The topological polar surface area (TPSA) is 42.4 Å². The fraction of sp³-hybridized carbons (Fsp3) is 0.294. The van der Waals surface area contributed by atoms with Crippen LogP contribution in [0.25, 0.3) is 10.2 Å². The molecular weight excluding hydrogens is 385 g/mol. The van der Waals surface area contributed by atoms with E-state index >= 15 is 0 Å². The first kappa shape index (κ1) is 17.3. The van der Waals surface area contributed by atoms with Crippen LogP contribution in [0, 0.1) is 0 Å². The molecule has 3 heterocycles. The van der Waals surface area contributed by atoms with Gasteiger partial charge in [-0.1, -0.05) is 23.5 Å². The van der Waals surface area contributed by atoms with E-state index in [1.54, 1.807) is 6.07 Å². The number of para-hydroxylation sites is 1. The van der Waals surface area contributed by atoms with Crippen LogP contribution in [0.5, 0.6) is 0 Å². The summed E-state index contributed by atoms with van der Waals surface area (Å²) < 4.78 is 45.1. The van der Waals surface area contributed by atoms with Crippen molar-refractivity contribution in [2.75, 3.05) is 18.0 Å². The molecule has 1 fully saturated rings. The van der Waals surface area contributed by atoms with Crippen molar-refractivity contribution in [1.29, 1.82) is 0 Å². The van der Waals surface area contributed by atoms with Gasteiger partial charge < -0.3 is 9.64 Å². The van der Waals surface area contributed by atoms with Gasteiger partial charge in [0.15, 0.2) is 5.13 Å². The molecular formula is C17H13F3N2O2S2. The van der Waals surface area contributed by atoms with Gasteiger partial charge in [0.25, 0.3) is 0 Å². The van der Waals surface area contributed by atoms with E-state index in [0.717, 1.165) is 10.9 Å². The molecule has 2 aromatic heterocycles. The highest BCUT2D eigenvalue weighted by atomic mass is 32.1. The van der Waals surface area contributed by atoms with E-state index in [2.05, 4.69) is 4.98 Å². The highest BCUT2D eigenvalue weighted by Gasteiger charge is 2.36. The smallest absolute Gasteiger partial charge is 0.418 e. The number of hydrogen-bond donors (Lipinski definition) is 0. The first-order valence-electron chi connectivity index (χ1n) is 7.84. The molecule has 1 aliphatic rings. The molecule has 1 saturated heterocycles. The summed E-state index contributed by atoms with van der Waals surface area (Å²) in [6, 6.07) is 7.80. The van der Waals surface area contributed by atoms with Crippen molar-refractivity contribution in [1.82, 2.24) is 4.98 Å². The summed E-state index contributed by atoms with van der Waals surface area (Å²) in [5.41, 5.74) is -0.755.